The summed E-state index contributed by atoms with van der Waals surface area (Å²) in [4.78, 5) is 29.0. The Labute approximate surface area is 274 Å². The van der Waals surface area contributed by atoms with Gasteiger partial charge in [0.05, 0.1) is 27.2 Å². The van der Waals surface area contributed by atoms with Crippen molar-refractivity contribution in [2.45, 2.75) is 69.5 Å². The lowest BCUT2D eigenvalue weighted by Crippen LogP contribution is -2.53. The molecule has 0 spiro atoms. The van der Waals surface area contributed by atoms with E-state index in [2.05, 4.69) is 5.32 Å². The molecule has 1 saturated carbocycles. The first kappa shape index (κ1) is 33.9. The Morgan fingerprint density at radius 1 is 0.932 bits per heavy atom. The van der Waals surface area contributed by atoms with Crippen molar-refractivity contribution in [2.24, 2.45) is 0 Å². The van der Waals surface area contributed by atoms with Crippen LogP contribution < -0.4 is 14.4 Å². The van der Waals surface area contributed by atoms with Crippen LogP contribution in [0.15, 0.2) is 71.6 Å². The number of sulfonamides is 1. The van der Waals surface area contributed by atoms with Crippen LogP contribution >= 0.6 is 34.8 Å². The number of rotatable bonds is 12. The molecule has 8 nitrogen and oxygen atoms in total. The molecule has 12 heteroatoms. The highest BCUT2D eigenvalue weighted by atomic mass is 35.5. The third-order valence-corrected chi connectivity index (χ3v) is 10.4. The zero-order valence-corrected chi connectivity index (χ0v) is 27.7. The fraction of sp³-hybridized carbons (Fsp3) is 0.375. The number of nitrogens with one attached hydrogen (secondary N) is 1. The molecule has 3 aromatic rings. The minimum absolute atomic E-state index is 0.00703. The molecule has 1 aliphatic rings. The van der Waals surface area contributed by atoms with Crippen LogP contribution in [0.25, 0.3) is 0 Å². The Kier molecular flexibility index (Phi) is 11.8. The van der Waals surface area contributed by atoms with Crippen LogP contribution in [0.3, 0.4) is 0 Å². The zero-order valence-electron chi connectivity index (χ0n) is 24.6. The Morgan fingerprint density at radius 3 is 2.20 bits per heavy atom. The summed E-state index contributed by atoms with van der Waals surface area (Å²) in [5.74, 6) is -0.326. The topological polar surface area (TPSA) is 96.0 Å². The number of benzene rings is 3. The maximum atomic E-state index is 14.2. The van der Waals surface area contributed by atoms with Crippen molar-refractivity contribution < 1.29 is 22.7 Å². The number of anilines is 1. The van der Waals surface area contributed by atoms with Gasteiger partial charge in [-0.2, -0.15) is 0 Å². The summed E-state index contributed by atoms with van der Waals surface area (Å²) < 4.78 is 34.5. The third kappa shape index (κ3) is 8.59. The number of nitrogens with zero attached hydrogens (tertiary/aromatic N) is 2. The normalized spacial score (nSPS) is 14.5. The molecule has 0 aliphatic heterocycles. The molecule has 1 atom stereocenters. The second kappa shape index (κ2) is 15.3. The average Bonchev–Trinajstić information content (AvgIpc) is 3.01. The van der Waals surface area contributed by atoms with Crippen LogP contribution in [0.5, 0.6) is 5.75 Å². The molecule has 1 fully saturated rings. The van der Waals surface area contributed by atoms with E-state index in [9.17, 15) is 18.0 Å². The van der Waals surface area contributed by atoms with Gasteiger partial charge in [0, 0.05) is 17.6 Å². The van der Waals surface area contributed by atoms with Gasteiger partial charge in [-0.05, 0) is 92.9 Å². The number of carbonyl (C=O) groups excluding carboxylic acids is 2. The molecular formula is C32H36Cl3N3O5S. The van der Waals surface area contributed by atoms with Crippen molar-refractivity contribution in [2.75, 3.05) is 17.5 Å². The van der Waals surface area contributed by atoms with Gasteiger partial charge < -0.3 is 15.0 Å². The lowest BCUT2D eigenvalue weighted by atomic mass is 9.95. The summed E-state index contributed by atoms with van der Waals surface area (Å²) in [6, 6.07) is 16.2. The first-order chi connectivity index (χ1) is 21.0. The monoisotopic (exact) mass is 679 g/mol. The Morgan fingerprint density at radius 2 is 1.59 bits per heavy atom. The summed E-state index contributed by atoms with van der Waals surface area (Å²) >= 11 is 18.4. The van der Waals surface area contributed by atoms with Crippen molar-refractivity contribution in [1.82, 2.24) is 10.2 Å². The molecule has 4 rings (SSSR count). The van der Waals surface area contributed by atoms with E-state index in [0.29, 0.717) is 33.0 Å². The molecular weight excluding hydrogens is 645 g/mol. The summed E-state index contributed by atoms with van der Waals surface area (Å²) in [6.07, 6.45) is 4.96. The van der Waals surface area contributed by atoms with Crippen molar-refractivity contribution in [3.8, 4) is 5.75 Å². The van der Waals surface area contributed by atoms with E-state index in [1.807, 2.05) is 6.92 Å². The summed E-state index contributed by atoms with van der Waals surface area (Å²) in [5.41, 5.74) is 0.892. The zero-order chi connectivity index (χ0) is 31.9. The number of ether oxygens (including phenoxy) is 1. The van der Waals surface area contributed by atoms with Gasteiger partial charge in [-0.1, -0.05) is 60.1 Å². The minimum Gasteiger partial charge on any atom is -0.494 e. The summed E-state index contributed by atoms with van der Waals surface area (Å²) in [6.45, 7) is 3.36. The standard InChI is InChI=1S/C32H36Cl3N3O5S/c1-3-43-27-14-12-26(13-15-27)38(44(41,42)28-16-10-24(33)11-17-28)21-31(39)37(20-23-9-18-29(34)30(35)19-23)22(2)32(40)36-25-7-5-4-6-8-25/h9-19,22,25H,3-8,20-21H2,1-2H3,(H,36,40)/t22-/m0/s1. The molecule has 44 heavy (non-hydrogen) atoms. The van der Waals surface area contributed by atoms with Crippen LogP contribution in [0, 0.1) is 0 Å². The molecule has 3 aromatic carbocycles. The molecule has 0 radical (unpaired) electrons. The van der Waals surface area contributed by atoms with Gasteiger partial charge in [-0.25, -0.2) is 8.42 Å². The van der Waals surface area contributed by atoms with Crippen LogP contribution in [0.1, 0.15) is 51.5 Å². The molecule has 0 bridgehead atoms. The summed E-state index contributed by atoms with van der Waals surface area (Å²) in [5, 5.41) is 4.12. The number of halogens is 3. The fourth-order valence-electron chi connectivity index (χ4n) is 5.12. The van der Waals surface area contributed by atoms with Gasteiger partial charge in [0.2, 0.25) is 11.8 Å². The van der Waals surface area contributed by atoms with E-state index < -0.39 is 28.5 Å². The SMILES string of the molecule is CCOc1ccc(N(CC(=O)N(Cc2ccc(Cl)c(Cl)c2)[C@@H](C)C(=O)NC2CCCCC2)S(=O)(=O)c2ccc(Cl)cc2)cc1. The van der Waals surface area contributed by atoms with E-state index in [1.54, 1.807) is 49.4 Å². The van der Waals surface area contributed by atoms with E-state index in [1.165, 1.54) is 29.2 Å². The second-order valence-corrected chi connectivity index (χ2v) is 13.8. The number of amides is 2. The lowest BCUT2D eigenvalue weighted by molar-refractivity contribution is -0.139. The molecule has 1 aliphatic carbocycles. The molecule has 0 aromatic heterocycles. The van der Waals surface area contributed by atoms with Crippen molar-refractivity contribution in [1.29, 1.82) is 0 Å². The van der Waals surface area contributed by atoms with Gasteiger partial charge in [0.25, 0.3) is 10.0 Å². The van der Waals surface area contributed by atoms with Crippen molar-refractivity contribution in [3.63, 3.8) is 0 Å². The predicted octanol–water partition coefficient (Wildman–Crippen LogP) is 7.11. The number of carbonyl (C=O) groups is 2. The maximum absolute atomic E-state index is 14.2. The highest BCUT2D eigenvalue weighted by molar-refractivity contribution is 7.92. The molecule has 2 amide bonds. The molecule has 0 saturated heterocycles. The van der Waals surface area contributed by atoms with Gasteiger partial charge >= 0.3 is 0 Å². The highest BCUT2D eigenvalue weighted by Crippen LogP contribution is 2.28. The second-order valence-electron chi connectivity index (χ2n) is 10.7. The largest absolute Gasteiger partial charge is 0.494 e. The average molecular weight is 681 g/mol. The molecule has 1 N–H and O–H groups in total. The fourth-order valence-corrected chi connectivity index (χ4v) is 6.98. The third-order valence-electron chi connectivity index (χ3n) is 7.57. The quantitative estimate of drug-likeness (QED) is 0.220. The van der Waals surface area contributed by atoms with Gasteiger partial charge in [-0.15, -0.1) is 0 Å². The van der Waals surface area contributed by atoms with Crippen molar-refractivity contribution in [3.05, 3.63) is 87.4 Å². The predicted molar refractivity (Wildman–Crippen MR) is 175 cm³/mol. The van der Waals surface area contributed by atoms with E-state index in [-0.39, 0.29) is 29.1 Å². The van der Waals surface area contributed by atoms with Crippen LogP contribution in [-0.4, -0.2) is 50.4 Å². The Hall–Kier alpha value is -2.98. The van der Waals surface area contributed by atoms with E-state index in [4.69, 9.17) is 39.5 Å². The maximum Gasteiger partial charge on any atom is 0.264 e. The molecule has 0 unspecified atom stereocenters. The highest BCUT2D eigenvalue weighted by Gasteiger charge is 2.33. The van der Waals surface area contributed by atoms with Crippen LogP contribution in [0.4, 0.5) is 5.69 Å². The van der Waals surface area contributed by atoms with Crippen LogP contribution in [-0.2, 0) is 26.2 Å². The van der Waals surface area contributed by atoms with E-state index >= 15 is 0 Å². The van der Waals surface area contributed by atoms with Gasteiger partial charge in [-0.3, -0.25) is 13.9 Å². The Bertz CT molecular complexity index is 1550. The minimum atomic E-state index is -4.23. The molecule has 236 valence electrons. The summed E-state index contributed by atoms with van der Waals surface area (Å²) in [7, 11) is -4.23. The number of hydrogen-bond acceptors (Lipinski definition) is 5. The Balaban J connectivity index is 1.69. The van der Waals surface area contributed by atoms with Crippen LogP contribution in [0.2, 0.25) is 15.1 Å². The smallest absolute Gasteiger partial charge is 0.264 e. The van der Waals surface area contributed by atoms with Gasteiger partial charge in [0.1, 0.15) is 18.3 Å². The molecule has 0 heterocycles. The van der Waals surface area contributed by atoms with Crippen molar-refractivity contribution >= 4 is 62.3 Å². The lowest BCUT2D eigenvalue weighted by Gasteiger charge is -2.33. The first-order valence-electron chi connectivity index (χ1n) is 14.5. The van der Waals surface area contributed by atoms with E-state index in [0.717, 1.165) is 36.4 Å². The number of hydrogen-bond donors (Lipinski definition) is 1. The first-order valence-corrected chi connectivity index (χ1v) is 17.1. The van der Waals surface area contributed by atoms with Gasteiger partial charge in [0.15, 0.2) is 0 Å².